The van der Waals surface area contributed by atoms with Gasteiger partial charge in [-0.2, -0.15) is 11.8 Å². The van der Waals surface area contributed by atoms with Gasteiger partial charge in [-0.05, 0) is 64.9 Å². The van der Waals surface area contributed by atoms with Crippen molar-refractivity contribution in [2.75, 3.05) is 26.2 Å². The van der Waals surface area contributed by atoms with Crippen molar-refractivity contribution < 1.29 is 38.6 Å². The van der Waals surface area contributed by atoms with Crippen LogP contribution in [0.2, 0.25) is 0 Å². The van der Waals surface area contributed by atoms with Crippen LogP contribution in [0.15, 0.2) is 103 Å². The van der Waals surface area contributed by atoms with Crippen molar-refractivity contribution in [3.63, 3.8) is 0 Å². The lowest BCUT2D eigenvalue weighted by Crippen LogP contribution is -2.52. The number of thioether (sulfide) groups is 1. The van der Waals surface area contributed by atoms with Crippen LogP contribution < -0.4 is 16.0 Å². The van der Waals surface area contributed by atoms with Gasteiger partial charge in [0.25, 0.3) is 11.8 Å². The van der Waals surface area contributed by atoms with E-state index in [-0.39, 0.29) is 29.7 Å². The summed E-state index contributed by atoms with van der Waals surface area (Å²) in [6, 6.07) is 25.8. The Balaban J connectivity index is 1.63. The predicted molar refractivity (Wildman–Crippen MR) is 195 cm³/mol. The average molecular weight is 712 g/mol. The van der Waals surface area contributed by atoms with E-state index >= 15 is 0 Å². The average Bonchev–Trinajstić information content (AvgIpc) is 3.16. The number of benzene rings is 4. The second-order valence-electron chi connectivity index (χ2n) is 11.6. The number of methoxy groups -OCH3 is 2. The first-order valence-corrected chi connectivity index (χ1v) is 17.6. The lowest BCUT2D eigenvalue weighted by atomic mass is 9.94. The predicted octanol–water partition coefficient (Wildman–Crippen LogP) is 4.33. The summed E-state index contributed by atoms with van der Waals surface area (Å²) >= 11 is 1.52. The molecule has 0 aliphatic carbocycles. The third kappa shape index (κ3) is 10.7. The number of phenolic OH excluding ortho intramolecular Hbond substituents is 1. The topological polar surface area (TPSA) is 160 Å². The lowest BCUT2D eigenvalue weighted by molar-refractivity contribution is -0.145. The molecule has 4 rings (SSSR count). The molecule has 0 aromatic heterocycles. The highest BCUT2D eigenvalue weighted by Gasteiger charge is 2.29. The molecule has 0 aliphatic heterocycles. The minimum absolute atomic E-state index is 0.0672. The first-order valence-electron chi connectivity index (χ1n) is 16.2. The number of nitrogens with one attached hydrogen (secondary N) is 3. The summed E-state index contributed by atoms with van der Waals surface area (Å²) in [6.45, 7) is 0. The van der Waals surface area contributed by atoms with Crippen molar-refractivity contribution in [2.45, 2.75) is 37.4 Å². The van der Waals surface area contributed by atoms with Crippen LogP contribution in [0.1, 0.15) is 38.3 Å². The number of carbonyl (C=O) groups excluding carboxylic acids is 5. The molecule has 0 unspecified atom stereocenters. The SMILES string of the molecule is COC(=O)[C@H](Cc1ccc(O)cc1)NC(=O)c1ccccc1-c1ccccc1C(=O)N[C@@H](Cc1ccccc1)C(=O)N[C@@H](CCSC)C(=O)OC. The summed E-state index contributed by atoms with van der Waals surface area (Å²) in [5.41, 5.74) is 2.71. The van der Waals surface area contributed by atoms with Crippen LogP contribution in [0.4, 0.5) is 0 Å². The fraction of sp³-hybridized carbons (Fsp3) is 0.256. The standard InChI is InChI=1S/C39H41N3O8S/c1-49-38(47)32(21-22-51-3)40-37(46)33(23-25-11-5-4-6-12-25)41-35(44)30-15-9-7-13-28(30)29-14-8-10-16-31(29)36(45)42-34(39(48)50-2)24-26-17-19-27(43)20-18-26/h4-20,32-34,43H,21-24H2,1-3H3,(H,40,46)(H,41,44)(H,42,45)/t32-,33-,34-/m0/s1. The number of carbonyl (C=O) groups is 5. The molecule has 4 aromatic carbocycles. The Hall–Kier alpha value is -5.62. The van der Waals surface area contributed by atoms with Crippen molar-refractivity contribution in [1.82, 2.24) is 16.0 Å². The molecule has 0 aliphatic rings. The second kappa shape index (κ2) is 19.0. The van der Waals surface area contributed by atoms with Crippen LogP contribution in [-0.2, 0) is 36.7 Å². The summed E-state index contributed by atoms with van der Waals surface area (Å²) in [6.07, 6.45) is 2.49. The summed E-state index contributed by atoms with van der Waals surface area (Å²) in [4.78, 5) is 66.7. The number of aromatic hydroxyl groups is 1. The smallest absolute Gasteiger partial charge is 0.328 e. The van der Waals surface area contributed by atoms with Gasteiger partial charge in [-0.25, -0.2) is 9.59 Å². The monoisotopic (exact) mass is 711 g/mol. The Labute approximate surface area is 301 Å². The van der Waals surface area contributed by atoms with E-state index < -0.39 is 47.8 Å². The maximum atomic E-state index is 14.0. The highest BCUT2D eigenvalue weighted by molar-refractivity contribution is 7.98. The van der Waals surface area contributed by atoms with E-state index in [9.17, 15) is 29.1 Å². The number of hydrogen-bond acceptors (Lipinski definition) is 9. The fourth-order valence-electron chi connectivity index (χ4n) is 5.47. The molecule has 0 bridgehead atoms. The molecule has 266 valence electrons. The molecule has 12 heteroatoms. The van der Waals surface area contributed by atoms with E-state index in [2.05, 4.69) is 16.0 Å². The van der Waals surface area contributed by atoms with Crippen molar-refractivity contribution >= 4 is 41.4 Å². The first-order chi connectivity index (χ1) is 24.6. The highest BCUT2D eigenvalue weighted by Crippen LogP contribution is 2.28. The molecule has 11 nitrogen and oxygen atoms in total. The molecule has 0 saturated heterocycles. The number of esters is 2. The van der Waals surface area contributed by atoms with Crippen LogP contribution in [0, 0.1) is 0 Å². The minimum Gasteiger partial charge on any atom is -0.508 e. The maximum Gasteiger partial charge on any atom is 0.328 e. The zero-order valence-corrected chi connectivity index (χ0v) is 29.4. The van der Waals surface area contributed by atoms with Crippen LogP contribution in [-0.4, -0.2) is 79.1 Å². The van der Waals surface area contributed by atoms with Crippen LogP contribution in [0.5, 0.6) is 5.75 Å². The Bertz CT molecular complexity index is 1820. The molecule has 0 radical (unpaired) electrons. The zero-order chi connectivity index (χ0) is 36.8. The van der Waals surface area contributed by atoms with Gasteiger partial charge in [0.15, 0.2) is 0 Å². The largest absolute Gasteiger partial charge is 0.508 e. The summed E-state index contributed by atoms with van der Waals surface area (Å²) in [7, 11) is 2.48. The fourth-order valence-corrected chi connectivity index (χ4v) is 5.94. The quantitative estimate of drug-likeness (QED) is 0.124. The van der Waals surface area contributed by atoms with Crippen LogP contribution in [0.3, 0.4) is 0 Å². The summed E-state index contributed by atoms with van der Waals surface area (Å²) in [5.74, 6) is -2.26. The first kappa shape index (κ1) is 38.2. The zero-order valence-electron chi connectivity index (χ0n) is 28.6. The molecule has 0 heterocycles. The third-order valence-corrected chi connectivity index (χ3v) is 8.76. The number of phenols is 1. The van der Waals surface area contributed by atoms with Gasteiger partial charge >= 0.3 is 11.9 Å². The molecule has 4 aromatic rings. The van der Waals surface area contributed by atoms with Crippen LogP contribution >= 0.6 is 11.8 Å². The third-order valence-electron chi connectivity index (χ3n) is 8.12. The molecule has 51 heavy (non-hydrogen) atoms. The number of amides is 3. The molecule has 3 amide bonds. The Morgan fingerprint density at radius 2 is 1.08 bits per heavy atom. The number of rotatable bonds is 16. The lowest BCUT2D eigenvalue weighted by Gasteiger charge is -2.23. The Kier molecular flexibility index (Phi) is 14.2. The van der Waals surface area contributed by atoms with Crippen molar-refractivity contribution in [3.8, 4) is 16.9 Å². The molecule has 4 N–H and O–H groups in total. The van der Waals surface area contributed by atoms with Gasteiger partial charge < -0.3 is 30.5 Å². The summed E-state index contributed by atoms with van der Waals surface area (Å²) in [5, 5.41) is 18.0. The molecular formula is C39H41N3O8S. The van der Waals surface area contributed by atoms with E-state index in [1.165, 1.54) is 38.1 Å². The van der Waals surface area contributed by atoms with E-state index in [0.29, 0.717) is 28.9 Å². The second-order valence-corrected chi connectivity index (χ2v) is 12.6. The minimum atomic E-state index is -1.06. The molecule has 0 fully saturated rings. The van der Waals surface area contributed by atoms with Gasteiger partial charge in [0.05, 0.1) is 14.2 Å². The van der Waals surface area contributed by atoms with Crippen molar-refractivity contribution in [2.24, 2.45) is 0 Å². The van der Waals surface area contributed by atoms with E-state index in [1.807, 2.05) is 36.6 Å². The van der Waals surface area contributed by atoms with Gasteiger partial charge in [0.1, 0.15) is 23.9 Å². The molecule has 3 atom stereocenters. The van der Waals surface area contributed by atoms with Gasteiger partial charge in [0, 0.05) is 24.0 Å². The van der Waals surface area contributed by atoms with Gasteiger partial charge in [-0.15, -0.1) is 0 Å². The normalized spacial score (nSPS) is 12.5. The number of ether oxygens (including phenoxy) is 2. The van der Waals surface area contributed by atoms with E-state index in [4.69, 9.17) is 9.47 Å². The maximum absolute atomic E-state index is 14.0. The Morgan fingerprint density at radius 1 is 0.608 bits per heavy atom. The highest BCUT2D eigenvalue weighted by atomic mass is 32.2. The Morgan fingerprint density at radius 3 is 1.63 bits per heavy atom. The van der Waals surface area contributed by atoms with Crippen molar-refractivity contribution in [3.05, 3.63) is 125 Å². The van der Waals surface area contributed by atoms with Crippen molar-refractivity contribution in [1.29, 1.82) is 0 Å². The van der Waals surface area contributed by atoms with Crippen LogP contribution in [0.25, 0.3) is 11.1 Å². The molecule has 0 spiro atoms. The number of hydrogen-bond donors (Lipinski definition) is 4. The van der Waals surface area contributed by atoms with E-state index in [0.717, 1.165) is 5.56 Å². The molecular weight excluding hydrogens is 671 g/mol. The van der Waals surface area contributed by atoms with Gasteiger partial charge in [-0.1, -0.05) is 78.9 Å². The molecule has 0 saturated carbocycles. The summed E-state index contributed by atoms with van der Waals surface area (Å²) < 4.78 is 9.87. The van der Waals surface area contributed by atoms with E-state index in [1.54, 1.807) is 60.7 Å². The van der Waals surface area contributed by atoms with Gasteiger partial charge in [0.2, 0.25) is 5.91 Å². The van der Waals surface area contributed by atoms with Gasteiger partial charge in [-0.3, -0.25) is 14.4 Å².